The fraction of sp³-hybridized carbons (Fsp3) is 0.500. The summed E-state index contributed by atoms with van der Waals surface area (Å²) in [4.78, 5) is 32.5. The molecule has 0 bridgehead atoms. The van der Waals surface area contributed by atoms with Crippen molar-refractivity contribution in [3.05, 3.63) is 34.4 Å². The number of carboxylic acid groups (broad SMARTS) is 1. The summed E-state index contributed by atoms with van der Waals surface area (Å²) in [5.74, 6) is -0.772. The number of carboxylic acids is 1. The molecule has 0 aromatic carbocycles. The summed E-state index contributed by atoms with van der Waals surface area (Å²) in [5.41, 5.74) is 3.94. The van der Waals surface area contributed by atoms with Gasteiger partial charge in [0.1, 0.15) is 6.04 Å². The molecule has 8 heteroatoms. The van der Waals surface area contributed by atoms with E-state index in [0.717, 1.165) is 35.5 Å². The number of nitrogens with one attached hydrogen (secondary N) is 1. The van der Waals surface area contributed by atoms with Crippen LogP contribution in [-0.2, 0) is 16.0 Å². The molecule has 26 heavy (non-hydrogen) atoms. The number of aliphatic carboxylic acids is 1. The van der Waals surface area contributed by atoms with Crippen LogP contribution in [0, 0.1) is 33.6 Å². The molecule has 2 aromatic rings. The van der Waals surface area contributed by atoms with Crippen molar-refractivity contribution in [1.29, 1.82) is 0 Å². The molecule has 1 saturated carbocycles. The first-order valence-corrected chi connectivity index (χ1v) is 8.66. The first kappa shape index (κ1) is 18.0. The van der Waals surface area contributed by atoms with Crippen LogP contribution in [0.5, 0.6) is 0 Å². The van der Waals surface area contributed by atoms with Gasteiger partial charge in [-0.1, -0.05) is 0 Å². The van der Waals surface area contributed by atoms with Crippen LogP contribution in [0.2, 0.25) is 0 Å². The number of aromatic nitrogens is 4. The van der Waals surface area contributed by atoms with Crippen molar-refractivity contribution < 1.29 is 14.7 Å². The van der Waals surface area contributed by atoms with Gasteiger partial charge in [0.25, 0.3) is 5.95 Å². The Balaban J connectivity index is 1.81. The first-order valence-electron chi connectivity index (χ1n) is 8.66. The lowest BCUT2D eigenvalue weighted by molar-refractivity contribution is -0.142. The predicted molar refractivity (Wildman–Crippen MR) is 94.1 cm³/mol. The topological polar surface area (TPSA) is 110 Å². The Kier molecular flexibility index (Phi) is 4.76. The minimum Gasteiger partial charge on any atom is -0.480 e. The largest absolute Gasteiger partial charge is 0.480 e. The monoisotopic (exact) mass is 357 g/mol. The van der Waals surface area contributed by atoms with E-state index in [2.05, 4.69) is 20.4 Å². The Hall–Kier alpha value is -2.77. The Labute approximate surface area is 151 Å². The van der Waals surface area contributed by atoms with E-state index in [-0.39, 0.29) is 18.2 Å². The molecule has 2 N–H and O–H groups in total. The van der Waals surface area contributed by atoms with Crippen LogP contribution in [0.25, 0.3) is 5.95 Å². The lowest BCUT2D eigenvalue weighted by Gasteiger charge is -2.13. The number of hydrogen-bond acceptors (Lipinski definition) is 5. The van der Waals surface area contributed by atoms with E-state index >= 15 is 0 Å². The molecule has 1 atom stereocenters. The second-order valence-corrected chi connectivity index (χ2v) is 6.91. The van der Waals surface area contributed by atoms with Gasteiger partial charge in [-0.15, -0.1) is 0 Å². The maximum absolute atomic E-state index is 12.4. The summed E-state index contributed by atoms with van der Waals surface area (Å²) < 4.78 is 1.63. The Morgan fingerprint density at radius 3 is 2.38 bits per heavy atom. The van der Waals surface area contributed by atoms with Gasteiger partial charge < -0.3 is 10.4 Å². The molecule has 1 aliphatic carbocycles. The molecule has 3 rings (SSSR count). The van der Waals surface area contributed by atoms with Gasteiger partial charge in [-0.2, -0.15) is 5.10 Å². The van der Waals surface area contributed by atoms with E-state index in [9.17, 15) is 14.7 Å². The summed E-state index contributed by atoms with van der Waals surface area (Å²) >= 11 is 0. The molecule has 8 nitrogen and oxygen atoms in total. The van der Waals surface area contributed by atoms with Crippen LogP contribution in [0.4, 0.5) is 0 Å². The summed E-state index contributed by atoms with van der Waals surface area (Å²) in [6.45, 7) is 7.47. The quantitative estimate of drug-likeness (QED) is 0.809. The van der Waals surface area contributed by atoms with E-state index < -0.39 is 12.0 Å². The molecule has 0 radical (unpaired) electrons. The SMILES string of the molecule is Cc1cc(C)nc(-n2nc(C)c(CC(=O)NC(C(=O)O)C3CC3)c2C)n1. The van der Waals surface area contributed by atoms with E-state index in [1.807, 2.05) is 33.8 Å². The van der Waals surface area contributed by atoms with Gasteiger partial charge in [0.15, 0.2) is 0 Å². The van der Waals surface area contributed by atoms with E-state index in [0.29, 0.717) is 11.6 Å². The number of amides is 1. The number of nitrogens with zero attached hydrogens (tertiary/aromatic N) is 4. The van der Waals surface area contributed by atoms with Gasteiger partial charge in [0.2, 0.25) is 5.91 Å². The molecule has 1 amide bonds. The standard InChI is InChI=1S/C18H23N5O3/c1-9-7-10(2)20-18(19-9)23-12(4)14(11(3)22-23)8-15(24)21-16(17(25)26)13-5-6-13/h7,13,16H,5-6,8H2,1-4H3,(H,21,24)(H,25,26). The molecule has 0 aliphatic heterocycles. The summed E-state index contributed by atoms with van der Waals surface area (Å²) in [6, 6.07) is 1.08. The molecule has 1 fully saturated rings. The van der Waals surface area contributed by atoms with Gasteiger partial charge in [-0.3, -0.25) is 4.79 Å². The lowest BCUT2D eigenvalue weighted by Crippen LogP contribution is -2.43. The number of hydrogen-bond donors (Lipinski definition) is 2. The van der Waals surface area contributed by atoms with Crippen LogP contribution in [0.1, 0.15) is 41.2 Å². The van der Waals surface area contributed by atoms with Crippen molar-refractivity contribution in [1.82, 2.24) is 25.1 Å². The van der Waals surface area contributed by atoms with Crippen molar-refractivity contribution in [3.8, 4) is 5.95 Å². The molecule has 1 unspecified atom stereocenters. The number of aryl methyl sites for hydroxylation is 3. The van der Waals surface area contributed by atoms with Gasteiger partial charge >= 0.3 is 5.97 Å². The van der Waals surface area contributed by atoms with Crippen molar-refractivity contribution in [2.45, 2.75) is 53.0 Å². The highest BCUT2D eigenvalue weighted by Gasteiger charge is 2.37. The fourth-order valence-corrected chi connectivity index (χ4v) is 3.12. The highest BCUT2D eigenvalue weighted by Crippen LogP contribution is 2.32. The molecule has 0 spiro atoms. The molecular formula is C18H23N5O3. The van der Waals surface area contributed by atoms with Crippen molar-refractivity contribution in [2.24, 2.45) is 5.92 Å². The van der Waals surface area contributed by atoms with Crippen LogP contribution < -0.4 is 5.32 Å². The number of carbonyl (C=O) groups excluding carboxylic acids is 1. The third-order valence-electron chi connectivity index (χ3n) is 4.61. The summed E-state index contributed by atoms with van der Waals surface area (Å²) in [6.07, 6.45) is 1.77. The van der Waals surface area contributed by atoms with Crippen molar-refractivity contribution >= 4 is 11.9 Å². The maximum Gasteiger partial charge on any atom is 0.326 e. The first-order chi connectivity index (χ1) is 12.3. The van der Waals surface area contributed by atoms with Crippen LogP contribution in [0.15, 0.2) is 6.07 Å². The van der Waals surface area contributed by atoms with E-state index in [1.54, 1.807) is 4.68 Å². The second-order valence-electron chi connectivity index (χ2n) is 6.91. The number of rotatable bonds is 6. The van der Waals surface area contributed by atoms with Crippen LogP contribution in [-0.4, -0.2) is 42.8 Å². The average Bonchev–Trinajstić information content (AvgIpc) is 3.34. The van der Waals surface area contributed by atoms with E-state index in [1.165, 1.54) is 0 Å². The zero-order valence-electron chi connectivity index (χ0n) is 15.4. The molecular weight excluding hydrogens is 334 g/mol. The van der Waals surface area contributed by atoms with E-state index in [4.69, 9.17) is 0 Å². The van der Waals surface area contributed by atoms with Crippen LogP contribution >= 0.6 is 0 Å². The smallest absolute Gasteiger partial charge is 0.326 e. The maximum atomic E-state index is 12.4. The van der Waals surface area contributed by atoms with Crippen LogP contribution in [0.3, 0.4) is 0 Å². The Morgan fingerprint density at radius 2 is 1.85 bits per heavy atom. The highest BCUT2D eigenvalue weighted by atomic mass is 16.4. The highest BCUT2D eigenvalue weighted by molar-refractivity contribution is 5.85. The third-order valence-corrected chi connectivity index (χ3v) is 4.61. The average molecular weight is 357 g/mol. The zero-order valence-corrected chi connectivity index (χ0v) is 15.4. The van der Waals surface area contributed by atoms with Gasteiger partial charge in [0, 0.05) is 22.6 Å². The minimum atomic E-state index is -0.978. The third kappa shape index (κ3) is 3.74. The molecule has 0 saturated heterocycles. The minimum absolute atomic E-state index is 0.0463. The van der Waals surface area contributed by atoms with Crippen molar-refractivity contribution in [3.63, 3.8) is 0 Å². The Bertz CT molecular complexity index is 850. The molecule has 138 valence electrons. The van der Waals surface area contributed by atoms with Gasteiger partial charge in [-0.05, 0) is 52.5 Å². The molecule has 2 heterocycles. The summed E-state index contributed by atoms with van der Waals surface area (Å²) in [5, 5.41) is 16.4. The summed E-state index contributed by atoms with van der Waals surface area (Å²) in [7, 11) is 0. The zero-order chi connectivity index (χ0) is 19.0. The van der Waals surface area contributed by atoms with Gasteiger partial charge in [0.05, 0.1) is 12.1 Å². The Morgan fingerprint density at radius 1 is 1.23 bits per heavy atom. The molecule has 2 aromatic heterocycles. The normalized spacial score (nSPS) is 14.9. The van der Waals surface area contributed by atoms with Gasteiger partial charge in [-0.25, -0.2) is 19.4 Å². The molecule has 1 aliphatic rings. The predicted octanol–water partition coefficient (Wildman–Crippen LogP) is 1.42. The fourth-order valence-electron chi connectivity index (χ4n) is 3.12. The second kappa shape index (κ2) is 6.86. The number of carbonyl (C=O) groups is 2. The van der Waals surface area contributed by atoms with Crippen molar-refractivity contribution in [2.75, 3.05) is 0 Å². The lowest BCUT2D eigenvalue weighted by atomic mass is 10.1.